The van der Waals surface area contributed by atoms with E-state index in [1.807, 2.05) is 0 Å². The number of thioether (sulfide) groups is 1. The molecule has 0 saturated carbocycles. The Bertz CT molecular complexity index is 1030. The number of carbonyl (C=O) groups is 1. The number of anilines is 1. The van der Waals surface area contributed by atoms with Crippen molar-refractivity contribution in [3.05, 3.63) is 76.9 Å². The van der Waals surface area contributed by atoms with Gasteiger partial charge in [-0.05, 0) is 19.1 Å². The highest BCUT2D eigenvalue weighted by molar-refractivity contribution is 7.99. The molecule has 0 spiro atoms. The average molecular weight is 451 g/mol. The summed E-state index contributed by atoms with van der Waals surface area (Å²) in [6, 6.07) is 5.09. The smallest absolute Gasteiger partial charge is 0.299 e. The maximum atomic E-state index is 12.1. The molecule has 0 aliphatic heterocycles. The second-order valence-corrected chi connectivity index (χ2v) is 6.97. The van der Waals surface area contributed by atoms with Crippen LogP contribution in [-0.4, -0.2) is 37.3 Å². The Morgan fingerprint density at radius 3 is 1.58 bits per heavy atom. The second-order valence-electron chi connectivity index (χ2n) is 5.94. The number of benzene rings is 2. The summed E-state index contributed by atoms with van der Waals surface area (Å²) in [7, 11) is 0. The Balaban J connectivity index is 2.43. The maximum Gasteiger partial charge on any atom is 0.299 e. The van der Waals surface area contributed by atoms with Gasteiger partial charge in [0.25, 0.3) is 22.7 Å². The summed E-state index contributed by atoms with van der Waals surface area (Å²) < 4.78 is 0. The van der Waals surface area contributed by atoms with Crippen molar-refractivity contribution in [2.45, 2.75) is 17.9 Å². The molecule has 0 aliphatic carbocycles. The van der Waals surface area contributed by atoms with Gasteiger partial charge in [-0.15, -0.1) is 11.8 Å². The minimum absolute atomic E-state index is 0.317. The van der Waals surface area contributed by atoms with Gasteiger partial charge in [0.05, 0.1) is 25.7 Å². The van der Waals surface area contributed by atoms with E-state index in [1.165, 1.54) is 0 Å². The molecule has 0 aliphatic rings. The highest BCUT2D eigenvalue weighted by Crippen LogP contribution is 2.39. The predicted molar refractivity (Wildman–Crippen MR) is 108 cm³/mol. The summed E-state index contributed by atoms with van der Waals surface area (Å²) in [6.07, 6.45) is 0. The Morgan fingerprint density at radius 1 is 0.839 bits per heavy atom. The van der Waals surface area contributed by atoms with Crippen LogP contribution in [0.15, 0.2) is 41.3 Å². The number of hydrogen-bond donors (Lipinski definition) is 1. The Hall–Kier alpha value is -4.14. The van der Waals surface area contributed by atoms with Crippen molar-refractivity contribution in [3.8, 4) is 0 Å². The third-order valence-electron chi connectivity index (χ3n) is 3.98. The quantitative estimate of drug-likeness (QED) is 0.314. The average Bonchev–Trinajstić information content (AvgIpc) is 2.69. The van der Waals surface area contributed by atoms with Gasteiger partial charge in [-0.1, -0.05) is 0 Å². The van der Waals surface area contributed by atoms with E-state index in [-0.39, 0.29) is 10.6 Å². The van der Waals surface area contributed by atoms with Crippen molar-refractivity contribution in [1.82, 2.24) is 0 Å². The molecule has 31 heavy (non-hydrogen) atoms. The number of Topliss-reactive ketones (excluding diaryl/α,β-unsaturated/α-hetero) is 1. The Morgan fingerprint density at radius 2 is 1.23 bits per heavy atom. The third-order valence-corrected chi connectivity index (χ3v) is 5.19. The molecule has 0 radical (unpaired) electrons. The van der Waals surface area contributed by atoms with Crippen LogP contribution in [0.2, 0.25) is 0 Å². The van der Waals surface area contributed by atoms with Crippen molar-refractivity contribution in [3.63, 3.8) is 0 Å². The molecule has 1 N–H and O–H groups in total. The zero-order valence-electron chi connectivity index (χ0n) is 15.6. The molecule has 0 saturated heterocycles. The lowest BCUT2D eigenvalue weighted by Gasteiger charge is -2.17. The van der Waals surface area contributed by atoms with Gasteiger partial charge in [0, 0.05) is 30.0 Å². The maximum absolute atomic E-state index is 12.1. The van der Waals surface area contributed by atoms with Crippen molar-refractivity contribution < 1.29 is 24.5 Å². The van der Waals surface area contributed by atoms with E-state index in [4.69, 9.17) is 0 Å². The van der Waals surface area contributed by atoms with Gasteiger partial charge >= 0.3 is 0 Å². The fraction of sp³-hybridized carbons (Fsp3) is 0.188. The first-order valence-electron chi connectivity index (χ1n) is 8.28. The van der Waals surface area contributed by atoms with Gasteiger partial charge in [0.15, 0.2) is 16.4 Å². The van der Waals surface area contributed by atoms with E-state index >= 15 is 0 Å². The summed E-state index contributed by atoms with van der Waals surface area (Å²) in [5.41, 5.74) is -2.93. The van der Waals surface area contributed by atoms with Crippen molar-refractivity contribution in [2.75, 3.05) is 11.1 Å². The van der Waals surface area contributed by atoms with E-state index < -0.39 is 60.0 Å². The normalized spacial score (nSPS) is 11.4. The lowest BCUT2D eigenvalue weighted by molar-refractivity contribution is -0.399. The molecule has 0 bridgehead atoms. The number of nitro groups is 4. The van der Waals surface area contributed by atoms with E-state index in [1.54, 1.807) is 0 Å². The topological polar surface area (TPSA) is 202 Å². The predicted octanol–water partition coefficient (Wildman–Crippen LogP) is 3.48. The lowest BCUT2D eigenvalue weighted by atomic mass is 10.1. The molecule has 2 aromatic rings. The summed E-state index contributed by atoms with van der Waals surface area (Å²) in [5.74, 6) is -0.925. The van der Waals surface area contributed by atoms with Crippen molar-refractivity contribution in [1.29, 1.82) is 0 Å². The van der Waals surface area contributed by atoms with Crippen LogP contribution in [0, 0.1) is 40.5 Å². The number of nitrogens with zero attached hydrogens (tertiary/aromatic N) is 4. The molecule has 0 fully saturated rings. The van der Waals surface area contributed by atoms with E-state index in [2.05, 4.69) is 5.32 Å². The van der Waals surface area contributed by atoms with Crippen molar-refractivity contribution in [2.24, 2.45) is 0 Å². The summed E-state index contributed by atoms with van der Waals surface area (Å²) in [5, 5.41) is 47.5. The fourth-order valence-electron chi connectivity index (χ4n) is 2.53. The van der Waals surface area contributed by atoms with Crippen LogP contribution in [0.25, 0.3) is 0 Å². The van der Waals surface area contributed by atoms with Gasteiger partial charge in [0.1, 0.15) is 0 Å². The molecule has 0 unspecified atom stereocenters. The fourth-order valence-corrected chi connectivity index (χ4v) is 3.76. The molecule has 2 rings (SSSR count). The number of nitro benzene ring substituents is 4. The van der Waals surface area contributed by atoms with Gasteiger partial charge in [-0.2, -0.15) is 0 Å². The first-order chi connectivity index (χ1) is 14.5. The lowest BCUT2D eigenvalue weighted by Crippen LogP contribution is -2.30. The minimum atomic E-state index is -1.27. The Kier molecular flexibility index (Phi) is 7.15. The molecule has 2 aromatic carbocycles. The second kappa shape index (κ2) is 9.57. The minimum Gasteiger partial charge on any atom is -0.363 e. The van der Waals surface area contributed by atoms with Gasteiger partial charge < -0.3 is 5.32 Å². The third kappa shape index (κ3) is 5.27. The molecule has 15 heteroatoms. The van der Waals surface area contributed by atoms with Crippen LogP contribution in [0.4, 0.5) is 28.4 Å². The molecule has 0 aromatic heterocycles. The molecule has 0 heterocycles. The molecule has 162 valence electrons. The number of ketones is 1. The first kappa shape index (κ1) is 23.1. The molecular weight excluding hydrogens is 438 g/mol. The van der Waals surface area contributed by atoms with E-state index in [0.29, 0.717) is 11.8 Å². The van der Waals surface area contributed by atoms with Gasteiger partial charge in [0.2, 0.25) is 0 Å². The van der Waals surface area contributed by atoms with E-state index in [9.17, 15) is 45.3 Å². The van der Waals surface area contributed by atoms with E-state index in [0.717, 1.165) is 43.3 Å². The van der Waals surface area contributed by atoms with Crippen LogP contribution in [0.3, 0.4) is 0 Å². The highest BCUT2D eigenvalue weighted by Gasteiger charge is 2.30. The Labute approximate surface area is 176 Å². The number of carbonyl (C=O) groups excluding carboxylic acids is 1. The number of para-hydroxylation sites is 1. The summed E-state index contributed by atoms with van der Waals surface area (Å²) >= 11 is 0.608. The van der Waals surface area contributed by atoms with Gasteiger partial charge in [-0.3, -0.25) is 45.3 Å². The zero-order chi connectivity index (χ0) is 23.3. The molecule has 14 nitrogen and oxygen atoms in total. The number of hydrogen-bond acceptors (Lipinski definition) is 11. The molecule has 0 amide bonds. The molecular formula is C16H13N5O9S. The SMILES string of the molecule is CC(=O)[C@H](CSc1c([N+](=O)[O-])cccc1[N+](=O)[O-])Nc1c([N+](=O)[O-])cccc1[N+](=O)[O-]. The van der Waals surface area contributed by atoms with Crippen LogP contribution in [0.1, 0.15) is 6.92 Å². The monoisotopic (exact) mass is 451 g/mol. The zero-order valence-corrected chi connectivity index (χ0v) is 16.4. The molecule has 1 atom stereocenters. The van der Waals surface area contributed by atoms with Crippen molar-refractivity contribution >= 4 is 46.0 Å². The number of rotatable bonds is 10. The number of nitrogens with one attached hydrogen (secondary N) is 1. The van der Waals surface area contributed by atoms with Crippen LogP contribution in [-0.2, 0) is 4.79 Å². The van der Waals surface area contributed by atoms with Crippen LogP contribution in [0.5, 0.6) is 0 Å². The summed E-state index contributed by atoms with van der Waals surface area (Å²) in [6.45, 7) is 1.10. The highest BCUT2D eigenvalue weighted by atomic mass is 32.2. The largest absolute Gasteiger partial charge is 0.363 e. The standard InChI is InChI=1S/C16H13N5O9S/c1-9(22)10(17-15-11(18(23)24)4-2-5-12(15)19(25)26)8-31-16-13(20(27)28)6-3-7-14(16)21(29)30/h2-7,10,17H,8H2,1H3/t10-/m0/s1. The first-order valence-corrected chi connectivity index (χ1v) is 9.26. The summed E-state index contributed by atoms with van der Waals surface area (Å²) in [4.78, 5) is 53.4. The van der Waals surface area contributed by atoms with Gasteiger partial charge in [-0.25, -0.2) is 0 Å². The van der Waals surface area contributed by atoms with Crippen LogP contribution < -0.4 is 5.32 Å². The van der Waals surface area contributed by atoms with Crippen LogP contribution >= 0.6 is 11.8 Å².